The second-order valence-electron chi connectivity index (χ2n) is 6.29. The third-order valence-electron chi connectivity index (χ3n) is 4.45. The fourth-order valence-corrected chi connectivity index (χ4v) is 4.82. The van der Waals surface area contributed by atoms with Crippen LogP contribution >= 0.6 is 0 Å². The molecule has 2 heterocycles. The first-order chi connectivity index (χ1) is 12.1. The highest BCUT2D eigenvalue weighted by molar-refractivity contribution is 7.92. The van der Waals surface area contributed by atoms with Gasteiger partial charge in [-0.3, -0.25) is 4.31 Å². The number of rotatable bonds is 2. The molecular weight excluding hydrogens is 340 g/mol. The van der Waals surface area contributed by atoms with E-state index >= 15 is 0 Å². The van der Waals surface area contributed by atoms with Crippen molar-refractivity contribution < 1.29 is 17.9 Å². The van der Waals surface area contributed by atoms with Gasteiger partial charge < -0.3 is 15.2 Å². The molecule has 0 amide bonds. The third-order valence-corrected chi connectivity index (χ3v) is 6.23. The lowest BCUT2D eigenvalue weighted by atomic mass is 10.0. The van der Waals surface area contributed by atoms with E-state index in [1.807, 2.05) is 24.3 Å². The van der Waals surface area contributed by atoms with Crippen LogP contribution in [-0.2, 0) is 16.4 Å². The van der Waals surface area contributed by atoms with Crippen molar-refractivity contribution in [3.8, 4) is 11.5 Å². The minimum absolute atomic E-state index is 0.181. The molecule has 2 N–H and O–H groups in total. The van der Waals surface area contributed by atoms with Crippen LogP contribution in [0, 0.1) is 0 Å². The highest BCUT2D eigenvalue weighted by Crippen LogP contribution is 2.36. The molecule has 0 saturated heterocycles. The summed E-state index contributed by atoms with van der Waals surface area (Å²) >= 11 is 0. The van der Waals surface area contributed by atoms with E-state index in [9.17, 15) is 8.42 Å². The van der Waals surface area contributed by atoms with Crippen LogP contribution in [-0.4, -0.2) is 34.2 Å². The van der Waals surface area contributed by atoms with Crippen LogP contribution in [0.15, 0.2) is 47.4 Å². The molecule has 2 aliphatic rings. The van der Waals surface area contributed by atoms with Gasteiger partial charge >= 0.3 is 0 Å². The number of para-hydroxylation sites is 1. The van der Waals surface area contributed by atoms with Crippen LogP contribution in [0.25, 0.3) is 0 Å². The molecule has 25 heavy (non-hydrogen) atoms. The lowest BCUT2D eigenvalue weighted by molar-refractivity contribution is 0.297. The van der Waals surface area contributed by atoms with Gasteiger partial charge in [-0.1, -0.05) is 18.2 Å². The Labute approximate surface area is 147 Å². The van der Waals surface area contributed by atoms with Gasteiger partial charge in [0.05, 0.1) is 23.8 Å². The number of ether oxygens (including phenoxy) is 2. The molecule has 4 rings (SSSR count). The van der Waals surface area contributed by atoms with Crippen molar-refractivity contribution in [2.45, 2.75) is 23.8 Å². The van der Waals surface area contributed by atoms with Crippen molar-refractivity contribution in [1.29, 1.82) is 0 Å². The summed E-state index contributed by atoms with van der Waals surface area (Å²) in [6.45, 7) is 1.33. The number of hydrogen-bond acceptors (Lipinski definition) is 5. The maximum atomic E-state index is 13.2. The van der Waals surface area contributed by atoms with Gasteiger partial charge in [0, 0.05) is 25.1 Å². The summed E-state index contributed by atoms with van der Waals surface area (Å²) in [5, 5.41) is 0. The molecule has 1 unspecified atom stereocenters. The Kier molecular flexibility index (Phi) is 4.05. The topological polar surface area (TPSA) is 81.9 Å². The molecule has 0 fully saturated rings. The second-order valence-corrected chi connectivity index (χ2v) is 8.15. The van der Waals surface area contributed by atoms with E-state index in [-0.39, 0.29) is 17.5 Å². The summed E-state index contributed by atoms with van der Waals surface area (Å²) in [5.74, 6) is 1.04. The zero-order valence-corrected chi connectivity index (χ0v) is 14.5. The predicted octanol–water partition coefficient (Wildman–Crippen LogP) is 1.93. The lowest BCUT2D eigenvalue weighted by Crippen LogP contribution is -2.46. The van der Waals surface area contributed by atoms with E-state index in [2.05, 4.69) is 0 Å². The number of nitrogens with two attached hydrogens (primary N) is 1. The second kappa shape index (κ2) is 6.24. The Bertz CT molecular complexity index is 898. The van der Waals surface area contributed by atoms with Crippen LogP contribution in [0.5, 0.6) is 11.5 Å². The number of fused-ring (bicyclic) bond motifs is 2. The van der Waals surface area contributed by atoms with Crippen LogP contribution in [0.3, 0.4) is 0 Å². The number of nitrogens with zero attached hydrogens (tertiary/aromatic N) is 1. The monoisotopic (exact) mass is 360 g/mol. The fourth-order valence-electron chi connectivity index (χ4n) is 3.24. The van der Waals surface area contributed by atoms with E-state index in [0.717, 1.165) is 12.0 Å². The van der Waals surface area contributed by atoms with Crippen molar-refractivity contribution in [2.75, 3.05) is 24.1 Å². The summed E-state index contributed by atoms with van der Waals surface area (Å²) < 4.78 is 39.1. The first kappa shape index (κ1) is 16.2. The summed E-state index contributed by atoms with van der Waals surface area (Å²) in [4.78, 5) is 0.181. The van der Waals surface area contributed by atoms with E-state index in [1.54, 1.807) is 18.2 Å². The molecule has 0 spiro atoms. The van der Waals surface area contributed by atoms with Crippen molar-refractivity contribution in [3.05, 3.63) is 48.0 Å². The molecule has 0 aromatic heterocycles. The van der Waals surface area contributed by atoms with Crippen molar-refractivity contribution in [3.63, 3.8) is 0 Å². The minimum Gasteiger partial charge on any atom is -0.490 e. The first-order valence-electron chi connectivity index (χ1n) is 8.31. The zero-order valence-electron chi connectivity index (χ0n) is 13.7. The number of hydrogen-bond donors (Lipinski definition) is 1. The molecule has 0 radical (unpaired) electrons. The maximum absolute atomic E-state index is 13.2. The Morgan fingerprint density at radius 2 is 1.80 bits per heavy atom. The average Bonchev–Trinajstić information content (AvgIpc) is 2.85. The molecular formula is C18H20N2O4S. The average molecular weight is 360 g/mol. The first-order valence-corrected chi connectivity index (χ1v) is 9.75. The van der Waals surface area contributed by atoms with Crippen molar-refractivity contribution in [1.82, 2.24) is 0 Å². The van der Waals surface area contributed by atoms with Crippen LogP contribution in [0.1, 0.15) is 12.0 Å². The van der Waals surface area contributed by atoms with Gasteiger partial charge in [0.1, 0.15) is 0 Å². The number of benzene rings is 2. The SMILES string of the molecule is NC1Cc2ccccc2N(S(=O)(=O)c2ccc3c(c2)OCCCO3)C1. The molecule has 0 bridgehead atoms. The number of anilines is 1. The van der Waals surface area contributed by atoms with Crippen LogP contribution < -0.4 is 19.5 Å². The molecule has 0 aliphatic carbocycles. The normalized spacial score (nSPS) is 19.9. The van der Waals surface area contributed by atoms with Crippen LogP contribution in [0.4, 0.5) is 5.69 Å². The molecule has 7 heteroatoms. The van der Waals surface area contributed by atoms with Gasteiger partial charge in [-0.15, -0.1) is 0 Å². The summed E-state index contributed by atoms with van der Waals surface area (Å²) in [5.41, 5.74) is 7.73. The Hall–Kier alpha value is -2.25. The predicted molar refractivity (Wildman–Crippen MR) is 94.7 cm³/mol. The molecule has 2 aliphatic heterocycles. The van der Waals surface area contributed by atoms with E-state index < -0.39 is 10.0 Å². The minimum atomic E-state index is -3.74. The molecule has 6 nitrogen and oxygen atoms in total. The molecule has 2 aromatic rings. The smallest absolute Gasteiger partial charge is 0.264 e. The molecule has 0 saturated carbocycles. The highest BCUT2D eigenvalue weighted by Gasteiger charge is 2.32. The standard InChI is InChI=1S/C18H20N2O4S/c19-14-10-13-4-1-2-5-16(13)20(12-14)25(21,22)15-6-7-17-18(11-15)24-9-3-8-23-17/h1-2,4-7,11,14H,3,8-10,12,19H2. The van der Waals surface area contributed by atoms with Gasteiger partial charge in [-0.05, 0) is 30.2 Å². The molecule has 1 atom stereocenters. The third kappa shape index (κ3) is 2.94. The Morgan fingerprint density at radius 3 is 2.64 bits per heavy atom. The van der Waals surface area contributed by atoms with Gasteiger partial charge in [0.25, 0.3) is 10.0 Å². The van der Waals surface area contributed by atoms with Crippen LogP contribution in [0.2, 0.25) is 0 Å². The quantitative estimate of drug-likeness (QED) is 0.885. The maximum Gasteiger partial charge on any atom is 0.264 e. The van der Waals surface area contributed by atoms with E-state index in [4.69, 9.17) is 15.2 Å². The van der Waals surface area contributed by atoms with Crippen molar-refractivity contribution in [2.24, 2.45) is 5.73 Å². The van der Waals surface area contributed by atoms with Crippen molar-refractivity contribution >= 4 is 15.7 Å². The van der Waals surface area contributed by atoms with Gasteiger partial charge in [-0.2, -0.15) is 0 Å². The highest BCUT2D eigenvalue weighted by atomic mass is 32.2. The zero-order chi connectivity index (χ0) is 17.4. The molecule has 2 aromatic carbocycles. The summed E-state index contributed by atoms with van der Waals surface area (Å²) in [6.07, 6.45) is 1.44. The van der Waals surface area contributed by atoms with E-state index in [0.29, 0.717) is 36.8 Å². The summed E-state index contributed by atoms with van der Waals surface area (Å²) in [7, 11) is -3.74. The molecule has 132 valence electrons. The van der Waals surface area contributed by atoms with Gasteiger partial charge in [-0.25, -0.2) is 8.42 Å². The Balaban J connectivity index is 1.76. The lowest BCUT2D eigenvalue weighted by Gasteiger charge is -2.33. The fraction of sp³-hybridized carbons (Fsp3) is 0.333. The summed E-state index contributed by atoms with van der Waals surface area (Å²) in [6, 6.07) is 12.0. The Morgan fingerprint density at radius 1 is 1.04 bits per heavy atom. The van der Waals surface area contributed by atoms with Gasteiger partial charge in [0.2, 0.25) is 0 Å². The van der Waals surface area contributed by atoms with E-state index in [1.165, 1.54) is 4.31 Å². The number of sulfonamides is 1. The van der Waals surface area contributed by atoms with Gasteiger partial charge in [0.15, 0.2) is 11.5 Å². The largest absolute Gasteiger partial charge is 0.490 e.